The van der Waals surface area contributed by atoms with E-state index in [2.05, 4.69) is 55.4 Å². The lowest BCUT2D eigenvalue weighted by atomic mass is 10.1. The van der Waals surface area contributed by atoms with Crippen LogP contribution in [0.5, 0.6) is 0 Å². The van der Waals surface area contributed by atoms with Crippen LogP contribution < -0.4 is 0 Å². The smallest absolute Gasteiger partial charge is 0.373 e. The second-order valence-electron chi connectivity index (χ2n) is 38.1. The Labute approximate surface area is 732 Å². The standard InChI is InChI=1S/C96H200O12Si8/c1-9-17-25-33-41-49-57-65-73-81-89-109-97-110(90-82-74-66-58-50-42-34-26-18-10-2)100-113(93-85-77-69-61-53-45-37-29-21-13-5)102-111(98-109,91-83-75-67-59-51-43-35-27-19-11-3)104-115(95-87-79-71-63-55-47-39-31-23-15-7)105-112(99-109,92-84-76-68-60-52-44-36-28-20-12-4)103-114(101-110,94-86-78-70-62-54-46-38-30-22-14-6)107-116(106-113,108-115)96-88-80-72-64-56-48-40-32-24-16-8/h9-96H2,1-8H3. The molecule has 0 unspecified atom stereocenters. The average molecular weight is 1770 g/mol. The summed E-state index contributed by atoms with van der Waals surface area (Å²) in [6, 6.07) is 5.18. The first-order valence-electron chi connectivity index (χ1n) is 53.4. The zero-order valence-electron chi connectivity index (χ0n) is 79.1. The fourth-order valence-electron chi connectivity index (χ4n) is 19.2. The molecule has 688 valence electrons. The summed E-state index contributed by atoms with van der Waals surface area (Å²) in [6.07, 6.45) is 99.5. The Bertz CT molecular complexity index is 1700. The molecule has 0 atom stereocenters. The summed E-state index contributed by atoms with van der Waals surface area (Å²) in [4.78, 5) is 0. The first-order valence-corrected chi connectivity index (χ1v) is 68.8. The normalized spacial score (nSPS) is 25.0. The lowest BCUT2D eigenvalue weighted by molar-refractivity contribution is -0.0314. The van der Waals surface area contributed by atoms with E-state index in [1.807, 2.05) is 0 Å². The predicted octanol–water partition coefficient (Wildman–Crippen LogP) is 35.1. The zero-order chi connectivity index (χ0) is 82.7. The van der Waals surface area contributed by atoms with E-state index in [-0.39, 0.29) is 0 Å². The van der Waals surface area contributed by atoms with E-state index < -0.39 is 70.4 Å². The molecule has 0 spiro atoms. The number of hydrogen-bond donors (Lipinski definition) is 0. The molecule has 0 N–H and O–H groups in total. The molecule has 0 aromatic carbocycles. The summed E-state index contributed by atoms with van der Waals surface area (Å²) in [5, 5.41) is 0. The maximum atomic E-state index is 8.73. The fourth-order valence-corrected chi connectivity index (χ4v) is 70.2. The van der Waals surface area contributed by atoms with Crippen LogP contribution in [-0.4, -0.2) is 70.4 Å². The maximum Gasteiger partial charge on any atom is 0.478 e. The Hall–Kier alpha value is 1.26. The highest BCUT2D eigenvalue weighted by Gasteiger charge is 2.83. The van der Waals surface area contributed by atoms with Crippen molar-refractivity contribution in [2.75, 3.05) is 0 Å². The van der Waals surface area contributed by atoms with E-state index in [9.17, 15) is 0 Å². The van der Waals surface area contributed by atoms with E-state index in [1.54, 1.807) is 0 Å². The van der Waals surface area contributed by atoms with Crippen molar-refractivity contribution in [2.45, 2.75) is 617 Å². The third-order valence-corrected chi connectivity index (χ3v) is 64.0. The van der Waals surface area contributed by atoms with Gasteiger partial charge in [0, 0.05) is 48.4 Å². The van der Waals surface area contributed by atoms with Crippen LogP contribution >= 0.6 is 0 Å². The SMILES string of the molecule is CCCCCCCCCCCC[Si]12O[Si]3(CCCCCCCCCCCC)O[Si]4(CCCCCCCCCCCC)O[Si](CCCCCCCCCCCC)(O1)O[Si]1(CCCCCCCCCCCC)O[Si](CCCCCCCCCCCC)(O2)O[Si](CCCCCCCCCCCC)(O3)O[Si](CCCCCCCCCCCC)(O4)O1. The lowest BCUT2D eigenvalue weighted by Crippen LogP contribution is -2.88. The Morgan fingerprint density at radius 2 is 0.147 bits per heavy atom. The van der Waals surface area contributed by atoms with Gasteiger partial charge in [0.15, 0.2) is 0 Å². The van der Waals surface area contributed by atoms with Crippen LogP contribution in [-0.2, 0) is 49.4 Å². The summed E-state index contributed by atoms with van der Waals surface area (Å²) in [5.41, 5.74) is 0. The molecule has 6 rings (SSSR count). The van der Waals surface area contributed by atoms with Gasteiger partial charge in [-0.3, -0.25) is 0 Å². The molecule has 6 saturated heterocycles. The molecule has 0 radical (unpaired) electrons. The molecule has 6 heterocycles. The lowest BCUT2D eigenvalue weighted by Gasteiger charge is -2.63. The molecule has 6 aliphatic rings. The second-order valence-corrected chi connectivity index (χ2v) is 62.9. The van der Waals surface area contributed by atoms with Crippen molar-refractivity contribution in [3.05, 3.63) is 0 Å². The number of rotatable bonds is 88. The highest BCUT2D eigenvalue weighted by Crippen LogP contribution is 2.56. The van der Waals surface area contributed by atoms with Gasteiger partial charge in [-0.05, 0) is 51.4 Å². The predicted molar refractivity (Wildman–Crippen MR) is 512 cm³/mol. The molecular weight excluding hydrogens is 1570 g/mol. The quantitative estimate of drug-likeness (QED) is 0.0427. The van der Waals surface area contributed by atoms with Gasteiger partial charge in [0.25, 0.3) is 0 Å². The molecule has 6 aliphatic heterocycles. The third-order valence-electron chi connectivity index (χ3n) is 26.4. The second kappa shape index (κ2) is 69.3. The van der Waals surface area contributed by atoms with Crippen LogP contribution in [0.1, 0.15) is 569 Å². The highest BCUT2D eigenvalue weighted by atomic mass is 28.6. The summed E-state index contributed by atoms with van der Waals surface area (Å²) in [7, 11) is -32.5. The van der Waals surface area contributed by atoms with Crippen molar-refractivity contribution in [2.24, 2.45) is 0 Å². The average Bonchev–Trinajstić information content (AvgIpc) is 0.687. The Kier molecular flexibility index (Phi) is 64.4. The monoisotopic (exact) mass is 1770 g/mol. The van der Waals surface area contributed by atoms with Crippen molar-refractivity contribution >= 4 is 70.4 Å². The third kappa shape index (κ3) is 47.9. The Balaban J connectivity index is 1.79. The summed E-state index contributed by atoms with van der Waals surface area (Å²) in [6.45, 7) is 18.7. The molecule has 116 heavy (non-hydrogen) atoms. The van der Waals surface area contributed by atoms with Gasteiger partial charge >= 0.3 is 70.4 Å². The van der Waals surface area contributed by atoms with Crippen LogP contribution in [0.15, 0.2) is 0 Å². The van der Waals surface area contributed by atoms with E-state index in [0.717, 1.165) is 103 Å². The first-order chi connectivity index (χ1) is 57.0. The maximum absolute atomic E-state index is 8.73. The van der Waals surface area contributed by atoms with Gasteiger partial charge in [-0.25, -0.2) is 0 Å². The Morgan fingerprint density at radius 3 is 0.216 bits per heavy atom. The summed E-state index contributed by atoms with van der Waals surface area (Å²) < 4.78 is 105. The minimum atomic E-state index is -4.07. The molecule has 8 bridgehead atoms. The van der Waals surface area contributed by atoms with Crippen LogP contribution in [0, 0.1) is 0 Å². The molecule has 0 aromatic heterocycles. The van der Waals surface area contributed by atoms with Crippen LogP contribution in [0.4, 0.5) is 0 Å². The van der Waals surface area contributed by atoms with Crippen LogP contribution in [0.2, 0.25) is 48.4 Å². The number of hydrogen-bond acceptors (Lipinski definition) is 12. The summed E-state index contributed by atoms with van der Waals surface area (Å²) in [5.74, 6) is 0. The van der Waals surface area contributed by atoms with Gasteiger partial charge in [-0.1, -0.05) is 518 Å². The minimum Gasteiger partial charge on any atom is -0.373 e. The van der Waals surface area contributed by atoms with Crippen molar-refractivity contribution < 1.29 is 49.4 Å². The molecule has 12 nitrogen and oxygen atoms in total. The molecule has 0 saturated carbocycles. The molecular formula is C96H200O12Si8. The van der Waals surface area contributed by atoms with E-state index >= 15 is 0 Å². The Morgan fingerprint density at radius 1 is 0.0862 bits per heavy atom. The molecule has 0 aromatic rings. The molecule has 0 aliphatic carbocycles. The van der Waals surface area contributed by atoms with Crippen LogP contribution in [0.3, 0.4) is 0 Å². The topological polar surface area (TPSA) is 111 Å². The molecule has 6 fully saturated rings. The fraction of sp³-hybridized carbons (Fsp3) is 1.00. The van der Waals surface area contributed by atoms with Gasteiger partial charge in [0.1, 0.15) is 0 Å². The van der Waals surface area contributed by atoms with Gasteiger partial charge in [0.05, 0.1) is 0 Å². The number of unbranched alkanes of at least 4 members (excludes halogenated alkanes) is 72. The summed E-state index contributed by atoms with van der Waals surface area (Å²) >= 11 is 0. The van der Waals surface area contributed by atoms with Crippen LogP contribution in [0.25, 0.3) is 0 Å². The van der Waals surface area contributed by atoms with Crippen molar-refractivity contribution in [3.8, 4) is 0 Å². The van der Waals surface area contributed by atoms with E-state index in [0.29, 0.717) is 48.4 Å². The molecule has 20 heteroatoms. The van der Waals surface area contributed by atoms with Crippen molar-refractivity contribution in [3.63, 3.8) is 0 Å². The van der Waals surface area contributed by atoms with Gasteiger partial charge < -0.3 is 49.4 Å². The van der Waals surface area contributed by atoms with Crippen molar-refractivity contribution in [1.29, 1.82) is 0 Å². The highest BCUT2D eigenvalue weighted by molar-refractivity contribution is 7.03. The van der Waals surface area contributed by atoms with Gasteiger partial charge in [-0.15, -0.1) is 0 Å². The molecule has 0 amide bonds. The van der Waals surface area contributed by atoms with Gasteiger partial charge in [-0.2, -0.15) is 0 Å². The van der Waals surface area contributed by atoms with Crippen molar-refractivity contribution in [1.82, 2.24) is 0 Å². The van der Waals surface area contributed by atoms with E-state index in [1.165, 1.54) is 411 Å². The largest absolute Gasteiger partial charge is 0.478 e. The minimum absolute atomic E-state index is 0.648. The zero-order valence-corrected chi connectivity index (χ0v) is 87.1. The van der Waals surface area contributed by atoms with E-state index in [4.69, 9.17) is 49.4 Å². The first kappa shape index (κ1) is 108. The van der Waals surface area contributed by atoms with Gasteiger partial charge in [0.2, 0.25) is 0 Å².